The number of carbonyl (C=O) groups excluding carboxylic acids is 2. The molecule has 1 aromatic rings. The lowest BCUT2D eigenvalue weighted by Gasteiger charge is -2.64. The number of ether oxygens (including phenoxy) is 1. The number of carbonyl (C=O) groups is 2. The minimum atomic E-state index is -1.47. The second-order valence-electron chi connectivity index (χ2n) is 9.36. The maximum Gasteiger partial charge on any atom is 0.302 e. The molecule has 8 atom stereocenters. The molecule has 2 aliphatic rings. The van der Waals surface area contributed by atoms with Gasteiger partial charge in [0.15, 0.2) is 0 Å². The minimum absolute atomic E-state index is 0.112. The van der Waals surface area contributed by atoms with Crippen molar-refractivity contribution in [2.45, 2.75) is 77.3 Å². The highest BCUT2D eigenvalue weighted by atomic mass is 16.5. The van der Waals surface area contributed by atoms with E-state index in [0.717, 1.165) is 6.29 Å². The summed E-state index contributed by atoms with van der Waals surface area (Å²) in [5.74, 6) is -1.13. The van der Waals surface area contributed by atoms with Gasteiger partial charge >= 0.3 is 5.97 Å². The van der Waals surface area contributed by atoms with Gasteiger partial charge in [0.05, 0.1) is 30.3 Å². The van der Waals surface area contributed by atoms with E-state index in [2.05, 4.69) is 0 Å². The lowest BCUT2D eigenvalue weighted by atomic mass is 9.42. The SMILES string of the molecule is CC(=O)O[C@@H]1C[C@]2(C)C(CC[C@@H](O)[C@]2(C)O)[C@@](C=O)(CC(O)c2ccoc2)[C@@H]1C. The zero-order valence-electron chi connectivity index (χ0n) is 17.5. The Labute approximate surface area is 171 Å². The van der Waals surface area contributed by atoms with Crippen LogP contribution in [0.25, 0.3) is 0 Å². The molecule has 2 aliphatic carbocycles. The van der Waals surface area contributed by atoms with Crippen LogP contribution in [0.4, 0.5) is 0 Å². The Morgan fingerprint density at radius 1 is 1.41 bits per heavy atom. The van der Waals surface area contributed by atoms with Crippen LogP contribution in [0.5, 0.6) is 0 Å². The maximum atomic E-state index is 12.7. The van der Waals surface area contributed by atoms with E-state index in [9.17, 15) is 24.9 Å². The standard InChI is InChI=1S/C22H32O7/c1-13-17(29-14(2)24)10-20(3)18(5-6-19(26)21(20,4)27)22(13,12-23)9-16(25)15-7-8-28-11-15/h7-8,11-13,16-19,25-27H,5-6,9-10H2,1-4H3/t13-,16?,17-,18?,19-,20-,21+,22-/m1/s1. The lowest BCUT2D eigenvalue weighted by molar-refractivity contribution is -0.256. The van der Waals surface area contributed by atoms with Gasteiger partial charge in [0.25, 0.3) is 0 Å². The van der Waals surface area contributed by atoms with Gasteiger partial charge in [0.2, 0.25) is 0 Å². The second-order valence-corrected chi connectivity index (χ2v) is 9.36. The molecule has 1 aromatic heterocycles. The zero-order valence-corrected chi connectivity index (χ0v) is 17.5. The van der Waals surface area contributed by atoms with Crippen molar-refractivity contribution in [3.8, 4) is 0 Å². The van der Waals surface area contributed by atoms with E-state index in [1.807, 2.05) is 13.8 Å². The zero-order chi connectivity index (χ0) is 21.6. The van der Waals surface area contributed by atoms with Crippen LogP contribution < -0.4 is 0 Å². The van der Waals surface area contributed by atoms with Crippen LogP contribution in [-0.2, 0) is 14.3 Å². The van der Waals surface area contributed by atoms with Crippen LogP contribution in [-0.4, -0.2) is 45.4 Å². The van der Waals surface area contributed by atoms with Crippen molar-refractivity contribution in [1.82, 2.24) is 0 Å². The molecule has 0 amide bonds. The maximum absolute atomic E-state index is 12.7. The van der Waals surface area contributed by atoms with Gasteiger partial charge in [-0.3, -0.25) is 4.79 Å². The summed E-state index contributed by atoms with van der Waals surface area (Å²) in [7, 11) is 0. The average molecular weight is 408 g/mol. The molecule has 7 heteroatoms. The number of hydrogen-bond donors (Lipinski definition) is 3. The first-order valence-corrected chi connectivity index (χ1v) is 10.2. The third-order valence-corrected chi connectivity index (χ3v) is 7.99. The quantitative estimate of drug-likeness (QED) is 0.506. The molecular formula is C22H32O7. The van der Waals surface area contributed by atoms with Crippen molar-refractivity contribution in [3.05, 3.63) is 24.2 Å². The van der Waals surface area contributed by atoms with Crippen molar-refractivity contribution < 1.29 is 34.1 Å². The third kappa shape index (κ3) is 3.33. The first-order chi connectivity index (χ1) is 13.5. The highest BCUT2D eigenvalue weighted by Crippen LogP contribution is 2.64. The Bertz CT molecular complexity index is 742. The molecule has 7 nitrogen and oxygen atoms in total. The number of aliphatic hydroxyl groups is 3. The van der Waals surface area contributed by atoms with Gasteiger partial charge in [-0.1, -0.05) is 13.8 Å². The first kappa shape index (κ1) is 22.0. The summed E-state index contributed by atoms with van der Waals surface area (Å²) < 4.78 is 10.7. The summed E-state index contributed by atoms with van der Waals surface area (Å²) in [5.41, 5.74) is -2.83. The van der Waals surface area contributed by atoms with E-state index in [0.29, 0.717) is 24.8 Å². The van der Waals surface area contributed by atoms with E-state index < -0.39 is 40.7 Å². The molecule has 0 spiro atoms. The van der Waals surface area contributed by atoms with Crippen LogP contribution in [0.15, 0.2) is 23.0 Å². The fraction of sp³-hybridized carbons (Fsp3) is 0.727. The summed E-state index contributed by atoms with van der Waals surface area (Å²) >= 11 is 0. The first-order valence-electron chi connectivity index (χ1n) is 10.2. The van der Waals surface area contributed by atoms with Crippen LogP contribution >= 0.6 is 0 Å². The van der Waals surface area contributed by atoms with Gasteiger partial charge in [-0.05, 0) is 44.6 Å². The van der Waals surface area contributed by atoms with E-state index >= 15 is 0 Å². The molecule has 1 heterocycles. The molecule has 162 valence electrons. The van der Waals surface area contributed by atoms with Crippen LogP contribution in [0, 0.1) is 22.7 Å². The lowest BCUT2D eigenvalue weighted by Crippen LogP contribution is -2.68. The number of esters is 1. The van der Waals surface area contributed by atoms with E-state index in [1.54, 1.807) is 13.0 Å². The molecule has 0 bridgehead atoms. The predicted molar refractivity (Wildman–Crippen MR) is 104 cm³/mol. The molecule has 3 rings (SSSR count). The summed E-state index contributed by atoms with van der Waals surface area (Å²) in [5, 5.41) is 32.7. The van der Waals surface area contributed by atoms with E-state index in [4.69, 9.17) is 9.15 Å². The average Bonchev–Trinajstić information content (AvgIpc) is 3.18. The summed E-state index contributed by atoms with van der Waals surface area (Å²) in [6.45, 7) is 6.62. The summed E-state index contributed by atoms with van der Waals surface area (Å²) in [4.78, 5) is 24.5. The topological polar surface area (TPSA) is 117 Å². The number of furan rings is 1. The fourth-order valence-corrected chi connectivity index (χ4v) is 5.97. The Balaban J connectivity index is 2.09. The Morgan fingerprint density at radius 3 is 2.66 bits per heavy atom. The molecule has 0 saturated heterocycles. The Hall–Kier alpha value is -1.70. The van der Waals surface area contributed by atoms with Crippen molar-refractivity contribution in [2.24, 2.45) is 22.7 Å². The second kappa shape index (κ2) is 7.52. The molecule has 29 heavy (non-hydrogen) atoms. The van der Waals surface area contributed by atoms with E-state index in [1.165, 1.54) is 19.5 Å². The number of fused-ring (bicyclic) bond motifs is 1. The Kier molecular flexibility index (Phi) is 5.71. The molecule has 2 unspecified atom stereocenters. The molecule has 2 fully saturated rings. The third-order valence-electron chi connectivity index (χ3n) is 7.99. The highest BCUT2D eigenvalue weighted by Gasteiger charge is 2.67. The summed E-state index contributed by atoms with van der Waals surface area (Å²) in [6.07, 6.45) is 2.60. The number of rotatable bonds is 5. The highest BCUT2D eigenvalue weighted by molar-refractivity contribution is 5.67. The molecule has 2 saturated carbocycles. The molecule has 0 radical (unpaired) electrons. The van der Waals surface area contributed by atoms with Crippen molar-refractivity contribution in [1.29, 1.82) is 0 Å². The Morgan fingerprint density at radius 2 is 2.10 bits per heavy atom. The predicted octanol–water partition coefficient (Wildman–Crippen LogP) is 2.39. The molecule has 3 N–H and O–H groups in total. The fourth-order valence-electron chi connectivity index (χ4n) is 5.97. The van der Waals surface area contributed by atoms with Crippen molar-refractivity contribution >= 4 is 12.3 Å². The number of aldehydes is 1. The minimum Gasteiger partial charge on any atom is -0.472 e. The van der Waals surface area contributed by atoms with Crippen molar-refractivity contribution in [2.75, 3.05) is 0 Å². The van der Waals surface area contributed by atoms with Crippen LogP contribution in [0.3, 0.4) is 0 Å². The normalized spacial score (nSPS) is 43.3. The van der Waals surface area contributed by atoms with Gasteiger partial charge in [0, 0.05) is 29.2 Å². The molecular weight excluding hydrogens is 376 g/mol. The van der Waals surface area contributed by atoms with Gasteiger partial charge in [-0.2, -0.15) is 0 Å². The van der Waals surface area contributed by atoms with Crippen LogP contribution in [0.1, 0.15) is 65.0 Å². The van der Waals surface area contributed by atoms with Gasteiger partial charge in [-0.25, -0.2) is 0 Å². The van der Waals surface area contributed by atoms with Crippen molar-refractivity contribution in [3.63, 3.8) is 0 Å². The van der Waals surface area contributed by atoms with Gasteiger partial charge in [-0.15, -0.1) is 0 Å². The van der Waals surface area contributed by atoms with Gasteiger partial charge < -0.3 is 29.3 Å². The molecule has 0 aromatic carbocycles. The number of hydrogen-bond acceptors (Lipinski definition) is 7. The monoisotopic (exact) mass is 408 g/mol. The number of aliphatic hydroxyl groups excluding tert-OH is 2. The smallest absolute Gasteiger partial charge is 0.302 e. The van der Waals surface area contributed by atoms with E-state index in [-0.39, 0.29) is 18.3 Å². The van der Waals surface area contributed by atoms with Crippen LogP contribution in [0.2, 0.25) is 0 Å². The van der Waals surface area contributed by atoms with Gasteiger partial charge in [0.1, 0.15) is 12.4 Å². The largest absolute Gasteiger partial charge is 0.472 e. The molecule has 0 aliphatic heterocycles. The summed E-state index contributed by atoms with van der Waals surface area (Å²) in [6, 6.07) is 1.65.